The fourth-order valence-electron chi connectivity index (χ4n) is 2.76. The van der Waals surface area contributed by atoms with Crippen molar-refractivity contribution in [3.8, 4) is 0 Å². The molecule has 2 N–H and O–H groups in total. The Bertz CT molecular complexity index is 679. The van der Waals surface area contributed by atoms with Gasteiger partial charge in [0.15, 0.2) is 5.96 Å². The zero-order valence-electron chi connectivity index (χ0n) is 16.4. The lowest BCUT2D eigenvalue weighted by Crippen LogP contribution is -2.37. The molecule has 0 bridgehead atoms. The number of nitrogens with one attached hydrogen (secondary N) is 2. The van der Waals surface area contributed by atoms with Crippen molar-refractivity contribution in [1.82, 2.24) is 20.4 Å². The maximum Gasteiger partial charge on any atom is 0.191 e. The molecule has 26 heavy (non-hydrogen) atoms. The van der Waals surface area contributed by atoms with E-state index in [1.165, 1.54) is 23.2 Å². The van der Waals surface area contributed by atoms with Crippen LogP contribution in [-0.4, -0.2) is 28.8 Å². The van der Waals surface area contributed by atoms with Gasteiger partial charge in [0, 0.05) is 24.3 Å². The first kappa shape index (κ1) is 22.5. The lowest BCUT2D eigenvalue weighted by molar-refractivity contribution is 0.658. The summed E-state index contributed by atoms with van der Waals surface area (Å²) in [5, 5.41) is 11.4. The molecule has 0 fully saturated rings. The van der Waals surface area contributed by atoms with Crippen LogP contribution in [0.25, 0.3) is 0 Å². The van der Waals surface area contributed by atoms with Crippen molar-refractivity contribution in [2.45, 2.75) is 53.6 Å². The first-order valence-corrected chi connectivity index (χ1v) is 9.24. The molecule has 0 saturated heterocycles. The second-order valence-electron chi connectivity index (χ2n) is 6.27. The Kier molecular flexibility index (Phi) is 10.3. The van der Waals surface area contributed by atoms with Crippen molar-refractivity contribution in [3.63, 3.8) is 0 Å². The molecule has 0 unspecified atom stereocenters. The lowest BCUT2D eigenvalue weighted by Gasteiger charge is -2.11. The average Bonchev–Trinajstić information content (AvgIpc) is 2.87. The molecule has 2 aromatic rings. The minimum Gasteiger partial charge on any atom is -0.357 e. The normalized spacial score (nSPS) is 11.2. The second kappa shape index (κ2) is 11.9. The summed E-state index contributed by atoms with van der Waals surface area (Å²) in [5.74, 6) is 0.880. The number of hydrogen-bond donors (Lipinski definition) is 2. The van der Waals surface area contributed by atoms with Gasteiger partial charge < -0.3 is 10.6 Å². The van der Waals surface area contributed by atoms with Gasteiger partial charge in [-0.05, 0) is 32.8 Å². The maximum atomic E-state index is 4.74. The van der Waals surface area contributed by atoms with Gasteiger partial charge in [-0.15, -0.1) is 24.0 Å². The molecule has 5 nitrogen and oxygen atoms in total. The fourth-order valence-corrected chi connectivity index (χ4v) is 2.76. The number of rotatable bonds is 8. The van der Waals surface area contributed by atoms with Crippen molar-refractivity contribution in [1.29, 1.82) is 0 Å². The molecule has 0 aliphatic rings. The molecule has 6 heteroatoms. The Morgan fingerprint density at radius 1 is 1.12 bits per heavy atom. The molecular formula is C20H32IN5. The molecule has 0 spiro atoms. The maximum absolute atomic E-state index is 4.74. The summed E-state index contributed by atoms with van der Waals surface area (Å²) in [7, 11) is 0. The molecule has 1 aromatic carbocycles. The third-order valence-electron chi connectivity index (χ3n) is 4.27. The van der Waals surface area contributed by atoms with Crippen LogP contribution in [0.4, 0.5) is 0 Å². The topological polar surface area (TPSA) is 54.2 Å². The highest BCUT2D eigenvalue weighted by Crippen LogP contribution is 2.16. The van der Waals surface area contributed by atoms with E-state index in [4.69, 9.17) is 10.1 Å². The quantitative estimate of drug-likeness (QED) is 0.266. The Hall–Kier alpha value is -1.57. The highest BCUT2D eigenvalue weighted by atomic mass is 127. The van der Waals surface area contributed by atoms with Crippen LogP contribution in [0.3, 0.4) is 0 Å². The van der Waals surface area contributed by atoms with Crippen LogP contribution >= 0.6 is 24.0 Å². The summed E-state index contributed by atoms with van der Waals surface area (Å²) in [5.41, 5.74) is 4.72. The summed E-state index contributed by atoms with van der Waals surface area (Å²) in [6, 6.07) is 10.4. The van der Waals surface area contributed by atoms with Gasteiger partial charge in [0.1, 0.15) is 0 Å². The summed E-state index contributed by atoms with van der Waals surface area (Å²) >= 11 is 0. The van der Waals surface area contributed by atoms with Gasteiger partial charge in [0.05, 0.1) is 18.8 Å². The van der Waals surface area contributed by atoms with Crippen molar-refractivity contribution >= 4 is 29.9 Å². The van der Waals surface area contributed by atoms with Gasteiger partial charge in [0.2, 0.25) is 0 Å². The number of halogens is 1. The molecule has 0 aliphatic carbocycles. The molecule has 2 rings (SSSR count). The fraction of sp³-hybridized carbons (Fsp3) is 0.500. The number of aliphatic imine (C=N–C) groups is 1. The summed E-state index contributed by atoms with van der Waals surface area (Å²) in [6.07, 6.45) is 2.33. The van der Waals surface area contributed by atoms with Crippen LogP contribution in [0, 0.1) is 13.8 Å². The van der Waals surface area contributed by atoms with E-state index in [9.17, 15) is 0 Å². The second-order valence-corrected chi connectivity index (χ2v) is 6.27. The zero-order chi connectivity index (χ0) is 18.1. The van der Waals surface area contributed by atoms with Crippen molar-refractivity contribution in [2.75, 3.05) is 13.1 Å². The molecular weight excluding hydrogens is 437 g/mol. The first-order valence-electron chi connectivity index (χ1n) is 9.24. The zero-order valence-corrected chi connectivity index (χ0v) is 18.7. The van der Waals surface area contributed by atoms with E-state index in [0.29, 0.717) is 6.54 Å². The van der Waals surface area contributed by atoms with E-state index >= 15 is 0 Å². The van der Waals surface area contributed by atoms with E-state index in [-0.39, 0.29) is 24.0 Å². The van der Waals surface area contributed by atoms with Gasteiger partial charge in [-0.2, -0.15) is 5.10 Å². The van der Waals surface area contributed by atoms with Gasteiger partial charge in [0.25, 0.3) is 0 Å². The Labute approximate surface area is 174 Å². The van der Waals surface area contributed by atoms with Gasteiger partial charge >= 0.3 is 0 Å². The number of nitrogens with zero attached hydrogens (tertiary/aromatic N) is 3. The number of unbranched alkanes of at least 4 members (excludes halogenated alkanes) is 1. The molecule has 0 saturated carbocycles. The van der Waals surface area contributed by atoms with Crippen LogP contribution in [0.5, 0.6) is 0 Å². The van der Waals surface area contributed by atoms with Gasteiger partial charge in [-0.3, -0.25) is 4.68 Å². The number of benzene rings is 1. The van der Waals surface area contributed by atoms with E-state index < -0.39 is 0 Å². The monoisotopic (exact) mass is 469 g/mol. The molecule has 0 atom stereocenters. The Balaban J connectivity index is 0.00000338. The minimum atomic E-state index is 0. The molecule has 0 amide bonds. The largest absolute Gasteiger partial charge is 0.357 e. The van der Waals surface area contributed by atoms with Crippen molar-refractivity contribution in [3.05, 3.63) is 52.8 Å². The van der Waals surface area contributed by atoms with Crippen LogP contribution in [0.2, 0.25) is 0 Å². The molecule has 1 aromatic heterocycles. The van der Waals surface area contributed by atoms with E-state index in [0.717, 1.165) is 37.7 Å². The molecule has 0 aliphatic heterocycles. The average molecular weight is 469 g/mol. The third kappa shape index (κ3) is 6.63. The standard InChI is InChI=1S/C20H31N5.HI/c1-5-7-13-22-20(21-6-2)23-14-19-16(3)24-25(17(19)4)15-18-11-9-8-10-12-18;/h8-12H,5-7,13-15H2,1-4H3,(H2,21,22,23);1H. The van der Waals surface area contributed by atoms with E-state index in [1.54, 1.807) is 0 Å². The number of aromatic nitrogens is 2. The lowest BCUT2D eigenvalue weighted by atomic mass is 10.2. The highest BCUT2D eigenvalue weighted by Gasteiger charge is 2.11. The van der Waals surface area contributed by atoms with Gasteiger partial charge in [-0.1, -0.05) is 43.7 Å². The smallest absolute Gasteiger partial charge is 0.191 e. The number of aryl methyl sites for hydroxylation is 1. The SMILES string of the molecule is CCCCNC(=NCc1c(C)nn(Cc2ccccc2)c1C)NCC.I. The van der Waals surface area contributed by atoms with Crippen LogP contribution < -0.4 is 10.6 Å². The third-order valence-corrected chi connectivity index (χ3v) is 4.27. The summed E-state index contributed by atoms with van der Waals surface area (Å²) < 4.78 is 2.08. The van der Waals surface area contributed by atoms with Crippen molar-refractivity contribution < 1.29 is 0 Å². The first-order chi connectivity index (χ1) is 12.2. The van der Waals surface area contributed by atoms with E-state index in [1.807, 2.05) is 6.07 Å². The van der Waals surface area contributed by atoms with Crippen LogP contribution in [0.1, 0.15) is 49.2 Å². The predicted octanol–water partition coefficient (Wildman–Crippen LogP) is 4.02. The van der Waals surface area contributed by atoms with Crippen LogP contribution in [0.15, 0.2) is 35.3 Å². The van der Waals surface area contributed by atoms with E-state index in [2.05, 4.69) is 67.3 Å². The number of hydrogen-bond acceptors (Lipinski definition) is 2. The highest BCUT2D eigenvalue weighted by molar-refractivity contribution is 14.0. The molecule has 0 radical (unpaired) electrons. The number of guanidine groups is 1. The van der Waals surface area contributed by atoms with Crippen LogP contribution in [-0.2, 0) is 13.1 Å². The molecule has 144 valence electrons. The molecule has 1 heterocycles. The summed E-state index contributed by atoms with van der Waals surface area (Å²) in [4.78, 5) is 4.74. The summed E-state index contributed by atoms with van der Waals surface area (Å²) in [6.45, 7) is 11.7. The van der Waals surface area contributed by atoms with Crippen molar-refractivity contribution in [2.24, 2.45) is 4.99 Å². The Morgan fingerprint density at radius 2 is 1.85 bits per heavy atom. The minimum absolute atomic E-state index is 0. The predicted molar refractivity (Wildman–Crippen MR) is 120 cm³/mol. The van der Waals surface area contributed by atoms with Gasteiger partial charge in [-0.25, -0.2) is 4.99 Å². The Morgan fingerprint density at radius 3 is 2.50 bits per heavy atom.